The Balaban J connectivity index is 0.000000755. The van der Waals surface area contributed by atoms with Crippen LogP contribution in [0, 0.1) is 6.92 Å². The minimum absolute atomic E-state index is 0.0450. The van der Waals surface area contributed by atoms with Gasteiger partial charge in [-0.05, 0) is 38.5 Å². The van der Waals surface area contributed by atoms with E-state index in [2.05, 4.69) is 46.5 Å². The summed E-state index contributed by atoms with van der Waals surface area (Å²) >= 11 is 0. The van der Waals surface area contributed by atoms with Gasteiger partial charge in [-0.15, -0.1) is 0 Å². The number of hydrogen-bond acceptors (Lipinski definition) is 4. The molecular weight excluding hydrogens is 368 g/mol. The number of aryl methyl sites for hydroxylation is 1. The molecular formula is C22H24N4O3. The van der Waals surface area contributed by atoms with E-state index in [0.717, 1.165) is 40.1 Å². The number of amides is 1. The molecule has 1 aromatic carbocycles. The van der Waals surface area contributed by atoms with E-state index < -0.39 is 0 Å². The van der Waals surface area contributed by atoms with Crippen molar-refractivity contribution in [2.45, 2.75) is 32.7 Å². The highest BCUT2D eigenvalue weighted by molar-refractivity contribution is 6.07. The van der Waals surface area contributed by atoms with E-state index in [1.54, 1.807) is 6.20 Å². The zero-order valence-corrected chi connectivity index (χ0v) is 16.6. The Morgan fingerprint density at radius 1 is 1.14 bits per heavy atom. The molecule has 0 bridgehead atoms. The Hall–Kier alpha value is -3.61. The van der Waals surface area contributed by atoms with Gasteiger partial charge in [-0.2, -0.15) is 0 Å². The second kappa shape index (κ2) is 7.79. The maximum Gasteiger partial charge on any atom is 0.290 e. The topological polar surface area (TPSA) is 121 Å². The fourth-order valence-electron chi connectivity index (χ4n) is 3.62. The summed E-state index contributed by atoms with van der Waals surface area (Å²) in [6, 6.07) is 12.0. The predicted octanol–water partition coefficient (Wildman–Crippen LogP) is 3.40. The molecule has 7 nitrogen and oxygen atoms in total. The van der Waals surface area contributed by atoms with Crippen LogP contribution in [0.5, 0.6) is 0 Å². The maximum absolute atomic E-state index is 12.9. The van der Waals surface area contributed by atoms with E-state index in [4.69, 9.17) is 15.6 Å². The number of nitrogens with two attached hydrogens (primary N) is 1. The maximum atomic E-state index is 12.9. The number of benzene rings is 1. The summed E-state index contributed by atoms with van der Waals surface area (Å²) in [6.45, 7) is 5.87. The lowest BCUT2D eigenvalue weighted by Gasteiger charge is -2.30. The first-order chi connectivity index (χ1) is 13.8. The minimum Gasteiger partial charge on any atom is -0.483 e. The molecule has 0 saturated heterocycles. The van der Waals surface area contributed by atoms with E-state index in [1.165, 1.54) is 5.56 Å². The van der Waals surface area contributed by atoms with Crippen molar-refractivity contribution in [3.05, 3.63) is 59.4 Å². The number of H-pyrrole nitrogens is 1. The van der Waals surface area contributed by atoms with E-state index in [-0.39, 0.29) is 17.9 Å². The van der Waals surface area contributed by atoms with Crippen LogP contribution in [0.4, 0.5) is 5.82 Å². The number of carbonyl (C=O) groups is 2. The number of nitrogens with one attached hydrogen (secondary N) is 2. The van der Waals surface area contributed by atoms with E-state index in [0.29, 0.717) is 5.82 Å². The van der Waals surface area contributed by atoms with Gasteiger partial charge in [0.2, 0.25) is 0 Å². The number of fused-ring (bicyclic) bond motifs is 1. The fourth-order valence-corrected chi connectivity index (χ4v) is 3.62. The van der Waals surface area contributed by atoms with E-state index in [1.807, 2.05) is 26.0 Å². The monoisotopic (exact) mass is 392 g/mol. The predicted molar refractivity (Wildman–Crippen MR) is 113 cm³/mol. The first kappa shape index (κ1) is 20.1. The molecule has 0 aliphatic carbocycles. The number of carbonyl (C=O) groups excluding carboxylic acids is 1. The second-order valence-corrected chi connectivity index (χ2v) is 7.68. The van der Waals surface area contributed by atoms with Crippen LogP contribution in [-0.4, -0.2) is 33.0 Å². The van der Waals surface area contributed by atoms with Gasteiger partial charge in [0.05, 0.1) is 11.3 Å². The summed E-state index contributed by atoms with van der Waals surface area (Å²) < 4.78 is 0. The largest absolute Gasteiger partial charge is 0.483 e. The SMILES string of the molecule is Cc1ccc(-c2c(-c3ccnc(N)c3)[nH]c3c2C(=O)NC(C)(C)C3)cc1.O=CO. The molecule has 1 aliphatic rings. The highest BCUT2D eigenvalue weighted by Gasteiger charge is 2.35. The molecule has 5 N–H and O–H groups in total. The number of aromatic nitrogens is 2. The number of pyridine rings is 1. The summed E-state index contributed by atoms with van der Waals surface area (Å²) in [7, 11) is 0. The van der Waals surface area contributed by atoms with Crippen molar-refractivity contribution in [2.75, 3.05) is 5.73 Å². The van der Waals surface area contributed by atoms with Crippen molar-refractivity contribution >= 4 is 18.2 Å². The van der Waals surface area contributed by atoms with Crippen LogP contribution in [0.15, 0.2) is 42.6 Å². The van der Waals surface area contributed by atoms with Gasteiger partial charge in [0.25, 0.3) is 12.4 Å². The number of aromatic amines is 1. The zero-order valence-electron chi connectivity index (χ0n) is 16.6. The Morgan fingerprint density at radius 3 is 2.41 bits per heavy atom. The second-order valence-electron chi connectivity index (χ2n) is 7.68. The average Bonchev–Trinajstić information content (AvgIpc) is 3.01. The van der Waals surface area contributed by atoms with Gasteiger partial charge in [0, 0.05) is 35.0 Å². The molecule has 1 amide bonds. The first-order valence-corrected chi connectivity index (χ1v) is 9.20. The number of carboxylic acid groups (broad SMARTS) is 1. The lowest BCUT2D eigenvalue weighted by atomic mass is 9.88. The van der Waals surface area contributed by atoms with Crippen molar-refractivity contribution in [1.29, 1.82) is 0 Å². The van der Waals surface area contributed by atoms with Crippen LogP contribution in [0.25, 0.3) is 22.4 Å². The molecule has 0 unspecified atom stereocenters. The molecule has 4 rings (SSSR count). The first-order valence-electron chi connectivity index (χ1n) is 9.20. The van der Waals surface area contributed by atoms with Crippen molar-refractivity contribution in [1.82, 2.24) is 15.3 Å². The number of hydrogen-bond donors (Lipinski definition) is 4. The highest BCUT2D eigenvalue weighted by atomic mass is 16.3. The van der Waals surface area contributed by atoms with Crippen LogP contribution in [0.1, 0.15) is 35.5 Å². The third kappa shape index (κ3) is 4.13. The summed E-state index contributed by atoms with van der Waals surface area (Å²) in [5.74, 6) is 0.408. The molecule has 0 spiro atoms. The molecule has 1 aliphatic heterocycles. The molecule has 3 heterocycles. The summed E-state index contributed by atoms with van der Waals surface area (Å²) in [6.07, 6.45) is 2.43. The Kier molecular flexibility index (Phi) is 5.41. The van der Waals surface area contributed by atoms with Crippen LogP contribution in [0.2, 0.25) is 0 Å². The fraction of sp³-hybridized carbons (Fsp3) is 0.227. The van der Waals surface area contributed by atoms with Crippen molar-refractivity contribution in [3.63, 3.8) is 0 Å². The number of anilines is 1. The average molecular weight is 392 g/mol. The van der Waals surface area contributed by atoms with Crippen LogP contribution in [0.3, 0.4) is 0 Å². The van der Waals surface area contributed by atoms with Gasteiger partial charge in [0.15, 0.2) is 0 Å². The molecule has 3 aromatic rings. The smallest absolute Gasteiger partial charge is 0.290 e. The van der Waals surface area contributed by atoms with Gasteiger partial charge < -0.3 is 21.1 Å². The third-order valence-corrected chi connectivity index (χ3v) is 4.79. The van der Waals surface area contributed by atoms with Crippen molar-refractivity contribution < 1.29 is 14.7 Å². The van der Waals surface area contributed by atoms with Crippen molar-refractivity contribution in [3.8, 4) is 22.4 Å². The molecule has 0 fully saturated rings. The Labute approximate surface area is 169 Å². The minimum atomic E-state index is -0.284. The molecule has 7 heteroatoms. The van der Waals surface area contributed by atoms with Gasteiger partial charge in [-0.1, -0.05) is 29.8 Å². The Morgan fingerprint density at radius 2 is 1.79 bits per heavy atom. The number of nitrogen functional groups attached to an aromatic ring is 1. The standard InChI is InChI=1S/C21H22N4O.CH2O2/c1-12-4-6-13(7-5-12)17-18-15(11-21(2,3)25-20(18)26)24-19(17)14-8-9-23-16(22)10-14;2-1-3/h4-10,24H,11H2,1-3H3,(H2,22,23)(H,25,26);1H,(H,2,3). The highest BCUT2D eigenvalue weighted by Crippen LogP contribution is 2.39. The molecule has 0 atom stereocenters. The molecule has 29 heavy (non-hydrogen) atoms. The normalized spacial score (nSPS) is 14.2. The van der Waals surface area contributed by atoms with Crippen LogP contribution >= 0.6 is 0 Å². The number of nitrogens with zero attached hydrogens (tertiary/aromatic N) is 1. The molecule has 0 radical (unpaired) electrons. The summed E-state index contributed by atoms with van der Waals surface area (Å²) in [4.78, 5) is 28.9. The lowest BCUT2D eigenvalue weighted by Crippen LogP contribution is -2.49. The van der Waals surface area contributed by atoms with Crippen LogP contribution < -0.4 is 11.1 Å². The molecule has 2 aromatic heterocycles. The van der Waals surface area contributed by atoms with Crippen LogP contribution in [-0.2, 0) is 11.2 Å². The summed E-state index contributed by atoms with van der Waals surface area (Å²) in [5.41, 5.74) is 12.2. The summed E-state index contributed by atoms with van der Waals surface area (Å²) in [5, 5.41) is 10.0. The van der Waals surface area contributed by atoms with Gasteiger partial charge in [-0.3, -0.25) is 9.59 Å². The molecule has 0 saturated carbocycles. The zero-order chi connectivity index (χ0) is 21.2. The quantitative estimate of drug-likeness (QED) is 0.498. The molecule has 150 valence electrons. The Bertz CT molecular complexity index is 1050. The number of rotatable bonds is 2. The van der Waals surface area contributed by atoms with E-state index in [9.17, 15) is 4.79 Å². The lowest BCUT2D eigenvalue weighted by molar-refractivity contribution is -0.122. The third-order valence-electron chi connectivity index (χ3n) is 4.79. The van der Waals surface area contributed by atoms with Crippen molar-refractivity contribution in [2.24, 2.45) is 0 Å². The van der Waals surface area contributed by atoms with Gasteiger partial charge >= 0.3 is 0 Å². The van der Waals surface area contributed by atoms with Gasteiger partial charge in [-0.25, -0.2) is 4.98 Å². The van der Waals surface area contributed by atoms with E-state index >= 15 is 0 Å². The van der Waals surface area contributed by atoms with Gasteiger partial charge in [0.1, 0.15) is 5.82 Å².